The molecule has 3 aromatic carbocycles. The molecule has 3 rings (SSSR count). The summed E-state index contributed by atoms with van der Waals surface area (Å²) in [5.41, 5.74) is 6.82. The summed E-state index contributed by atoms with van der Waals surface area (Å²) in [6.45, 7) is 1.90. The fraction of sp³-hybridized carbons (Fsp3) is 0.0870. The van der Waals surface area contributed by atoms with Crippen LogP contribution in [0.15, 0.2) is 78.9 Å². The third-order valence-electron chi connectivity index (χ3n) is 4.30. The van der Waals surface area contributed by atoms with Gasteiger partial charge in [0.05, 0.1) is 7.11 Å². The Balaban J connectivity index is 1.87. The van der Waals surface area contributed by atoms with Crippen molar-refractivity contribution in [2.24, 2.45) is 0 Å². The van der Waals surface area contributed by atoms with Crippen LogP contribution in [-0.4, -0.2) is 29.9 Å². The Hall–Kier alpha value is -4.13. The molecule has 0 aromatic heterocycles. The van der Waals surface area contributed by atoms with Gasteiger partial charge in [-0.2, -0.15) is 5.12 Å². The van der Waals surface area contributed by atoms with E-state index in [-0.39, 0.29) is 5.56 Å². The van der Waals surface area contributed by atoms with Crippen molar-refractivity contribution in [2.75, 3.05) is 7.11 Å². The van der Waals surface area contributed by atoms with Crippen molar-refractivity contribution in [2.45, 2.75) is 6.92 Å². The van der Waals surface area contributed by atoms with Crippen LogP contribution < -0.4 is 15.6 Å². The number of carbonyl (C=O) groups is 3. The predicted octanol–water partition coefficient (Wildman–Crippen LogP) is 3.14. The average Bonchev–Trinajstić information content (AvgIpc) is 2.79. The molecular formula is C23H21N3O4. The molecule has 0 fully saturated rings. The lowest BCUT2D eigenvalue weighted by atomic mass is 10.1. The van der Waals surface area contributed by atoms with Gasteiger partial charge >= 0.3 is 0 Å². The number of aryl methyl sites for hydroxylation is 1. The van der Waals surface area contributed by atoms with Crippen LogP contribution in [0.25, 0.3) is 0 Å². The fourth-order valence-electron chi connectivity index (χ4n) is 2.64. The maximum absolute atomic E-state index is 13.0. The number of rotatable bonds is 4. The van der Waals surface area contributed by atoms with Crippen LogP contribution >= 0.6 is 0 Å². The van der Waals surface area contributed by atoms with Crippen LogP contribution in [0, 0.1) is 6.92 Å². The Morgan fingerprint density at radius 3 is 1.90 bits per heavy atom. The topological polar surface area (TPSA) is 87.7 Å². The van der Waals surface area contributed by atoms with Gasteiger partial charge in [0.25, 0.3) is 17.7 Å². The van der Waals surface area contributed by atoms with Gasteiger partial charge in [-0.05, 0) is 49.4 Å². The molecule has 2 N–H and O–H groups in total. The van der Waals surface area contributed by atoms with Crippen LogP contribution in [0.2, 0.25) is 0 Å². The molecule has 7 heteroatoms. The molecule has 0 spiro atoms. The van der Waals surface area contributed by atoms with E-state index in [1.165, 1.54) is 13.2 Å². The van der Waals surface area contributed by atoms with E-state index in [2.05, 4.69) is 10.9 Å². The van der Waals surface area contributed by atoms with E-state index in [0.717, 1.165) is 10.7 Å². The number of nitrogens with one attached hydrogen (secondary N) is 2. The first-order valence-electron chi connectivity index (χ1n) is 9.20. The standard InChI is InChI=1S/C23H21N3O4/c1-16-11-13-18(14-12-16)22(28)25-26(24-21(27)17-7-4-3-5-8-17)23(29)19-9-6-10-20(15-19)30-2/h3-15H,1-2H3,(H,24,27)(H,25,28). The third-order valence-corrected chi connectivity index (χ3v) is 4.30. The minimum Gasteiger partial charge on any atom is -0.497 e. The largest absolute Gasteiger partial charge is 0.497 e. The number of methoxy groups -OCH3 is 1. The third kappa shape index (κ3) is 5.02. The number of ether oxygens (including phenoxy) is 1. The molecule has 0 atom stereocenters. The van der Waals surface area contributed by atoms with Gasteiger partial charge in [0.2, 0.25) is 0 Å². The first-order chi connectivity index (χ1) is 14.5. The van der Waals surface area contributed by atoms with Crippen molar-refractivity contribution >= 4 is 17.7 Å². The predicted molar refractivity (Wildman–Crippen MR) is 112 cm³/mol. The molecule has 0 aliphatic carbocycles. The van der Waals surface area contributed by atoms with Crippen molar-refractivity contribution < 1.29 is 19.1 Å². The molecule has 7 nitrogen and oxygen atoms in total. The lowest BCUT2D eigenvalue weighted by molar-refractivity contribution is 0.0418. The number of carbonyl (C=O) groups excluding carboxylic acids is 3. The van der Waals surface area contributed by atoms with Gasteiger partial charge in [0.1, 0.15) is 5.75 Å². The normalized spacial score (nSPS) is 10.1. The highest BCUT2D eigenvalue weighted by Crippen LogP contribution is 2.14. The summed E-state index contributed by atoms with van der Waals surface area (Å²) in [5, 5.41) is 0.784. The Bertz CT molecular complexity index is 1050. The molecule has 152 valence electrons. The number of hydrogen-bond acceptors (Lipinski definition) is 4. The van der Waals surface area contributed by atoms with Crippen LogP contribution in [0.1, 0.15) is 36.6 Å². The first kappa shape index (κ1) is 20.6. The molecular weight excluding hydrogens is 382 g/mol. The van der Waals surface area contributed by atoms with Crippen molar-refractivity contribution in [3.63, 3.8) is 0 Å². The van der Waals surface area contributed by atoms with Crippen molar-refractivity contribution in [3.8, 4) is 5.75 Å². The second-order valence-electron chi connectivity index (χ2n) is 6.49. The number of hydrogen-bond donors (Lipinski definition) is 2. The van der Waals surface area contributed by atoms with Gasteiger partial charge in [0, 0.05) is 16.7 Å². The second-order valence-corrected chi connectivity index (χ2v) is 6.49. The second kappa shape index (κ2) is 9.38. The number of amides is 3. The van der Waals surface area contributed by atoms with E-state index in [0.29, 0.717) is 16.9 Å². The van der Waals surface area contributed by atoms with E-state index in [4.69, 9.17) is 4.74 Å². The van der Waals surface area contributed by atoms with Gasteiger partial charge in [-0.1, -0.05) is 42.0 Å². The summed E-state index contributed by atoms with van der Waals surface area (Å²) >= 11 is 0. The molecule has 0 aliphatic heterocycles. The molecule has 0 radical (unpaired) electrons. The van der Waals surface area contributed by atoms with E-state index in [1.54, 1.807) is 72.8 Å². The van der Waals surface area contributed by atoms with E-state index in [1.807, 2.05) is 6.92 Å². The lowest BCUT2D eigenvalue weighted by Crippen LogP contribution is -2.56. The summed E-state index contributed by atoms with van der Waals surface area (Å²) in [4.78, 5) is 38.3. The van der Waals surface area contributed by atoms with Gasteiger partial charge in [-0.3, -0.25) is 14.4 Å². The summed E-state index contributed by atoms with van der Waals surface area (Å²) in [6, 6.07) is 21.6. The van der Waals surface area contributed by atoms with Crippen molar-refractivity contribution in [1.29, 1.82) is 0 Å². The molecule has 0 heterocycles. The van der Waals surface area contributed by atoms with Gasteiger partial charge in [-0.25, -0.2) is 10.9 Å². The zero-order valence-electron chi connectivity index (χ0n) is 16.6. The minimum atomic E-state index is -0.626. The quantitative estimate of drug-likeness (QED) is 0.655. The maximum atomic E-state index is 13.0. The average molecular weight is 403 g/mol. The Morgan fingerprint density at radius 1 is 0.733 bits per heavy atom. The molecule has 0 unspecified atom stereocenters. The van der Waals surface area contributed by atoms with E-state index >= 15 is 0 Å². The van der Waals surface area contributed by atoms with E-state index < -0.39 is 17.7 Å². The number of nitrogens with zero attached hydrogens (tertiary/aromatic N) is 1. The van der Waals surface area contributed by atoms with E-state index in [9.17, 15) is 14.4 Å². The molecule has 0 bridgehead atoms. The summed E-state index contributed by atoms with van der Waals surface area (Å²) in [6.07, 6.45) is 0. The molecule has 0 aliphatic rings. The van der Waals surface area contributed by atoms with Gasteiger partial charge in [-0.15, -0.1) is 0 Å². The minimum absolute atomic E-state index is 0.229. The van der Waals surface area contributed by atoms with Crippen LogP contribution in [0.4, 0.5) is 0 Å². The molecule has 3 aromatic rings. The summed E-state index contributed by atoms with van der Waals surface area (Å²) in [5.74, 6) is -1.24. The van der Waals surface area contributed by atoms with Crippen molar-refractivity contribution in [1.82, 2.24) is 16.0 Å². The van der Waals surface area contributed by atoms with Crippen LogP contribution in [0.3, 0.4) is 0 Å². The lowest BCUT2D eigenvalue weighted by Gasteiger charge is -2.24. The molecule has 0 saturated carbocycles. The zero-order chi connectivity index (χ0) is 21.5. The molecule has 30 heavy (non-hydrogen) atoms. The first-order valence-corrected chi connectivity index (χ1v) is 9.20. The summed E-state index contributed by atoms with van der Waals surface area (Å²) in [7, 11) is 1.48. The van der Waals surface area contributed by atoms with Crippen molar-refractivity contribution in [3.05, 3.63) is 101 Å². The van der Waals surface area contributed by atoms with Crippen LogP contribution in [-0.2, 0) is 0 Å². The van der Waals surface area contributed by atoms with Gasteiger partial charge < -0.3 is 4.74 Å². The molecule has 0 saturated heterocycles. The highest BCUT2D eigenvalue weighted by molar-refractivity contribution is 6.01. The maximum Gasteiger partial charge on any atom is 0.291 e. The SMILES string of the molecule is COc1cccc(C(=O)N(NC(=O)c2ccccc2)NC(=O)c2ccc(C)cc2)c1. The molecule has 3 amide bonds. The van der Waals surface area contributed by atoms with Crippen LogP contribution in [0.5, 0.6) is 5.75 Å². The van der Waals surface area contributed by atoms with Gasteiger partial charge in [0.15, 0.2) is 0 Å². The monoisotopic (exact) mass is 403 g/mol. The highest BCUT2D eigenvalue weighted by Gasteiger charge is 2.22. The number of hydrazine groups is 2. The Labute approximate surface area is 174 Å². The zero-order valence-corrected chi connectivity index (χ0v) is 16.6. The Kier molecular flexibility index (Phi) is 6.44. The number of benzene rings is 3. The Morgan fingerprint density at radius 2 is 1.30 bits per heavy atom. The highest BCUT2D eigenvalue weighted by atomic mass is 16.5. The smallest absolute Gasteiger partial charge is 0.291 e. The summed E-state index contributed by atoms with van der Waals surface area (Å²) < 4.78 is 5.15. The fourth-order valence-corrected chi connectivity index (χ4v) is 2.64.